The number of benzene rings is 4. The summed E-state index contributed by atoms with van der Waals surface area (Å²) in [6.45, 7) is 7.39. The van der Waals surface area contributed by atoms with Crippen molar-refractivity contribution in [1.29, 1.82) is 0 Å². The number of aromatic nitrogens is 6. The number of likely N-dealkylation sites (tertiary alicyclic amines) is 2. The van der Waals surface area contributed by atoms with E-state index in [-0.39, 0.29) is 119 Å². The number of carbonyl (C=O) groups excluding carboxylic acids is 2. The fraction of sp³-hybridized carbons (Fsp3) is 0.531. The number of amides is 4. The van der Waals surface area contributed by atoms with Crippen LogP contribution >= 0.6 is 46.4 Å². The summed E-state index contributed by atoms with van der Waals surface area (Å²) in [6.07, 6.45) is 9.33. The average molecular weight is 1480 g/mol. The van der Waals surface area contributed by atoms with E-state index in [1.54, 1.807) is 70.3 Å². The monoisotopic (exact) mass is 1470 g/mol. The Morgan fingerprint density at radius 2 is 1.07 bits per heavy atom. The molecule has 2 aromatic heterocycles. The Hall–Kier alpha value is -6.04. The van der Waals surface area contributed by atoms with Gasteiger partial charge in [0.15, 0.2) is 0 Å². The third kappa shape index (κ3) is 21.7. The SMILES string of the molecule is N[C@@H]1CCCN([C@H]2Cc3c(Cl)cc(Cl)cc3[C@@H]2Oc2ccc(N(CCOCCOCCn3cc(CNC(=O)NCCCCNC(=O)NCc4cn(CCOCCOCCNS(=O)(=O)c5ccc(O[C@H]6c7cc(Cl)cc(Cl)c7C[C@@H]6N6CCC[C@@H](N)C6)cc5)nn4)nn3)S(=O)[O-])cc2)C1. The second-order valence-electron chi connectivity index (χ2n) is 24.3. The number of carbonyl (C=O) groups is 2. The van der Waals surface area contributed by atoms with Crippen molar-refractivity contribution in [1.82, 2.24) is 65.8 Å². The van der Waals surface area contributed by atoms with Gasteiger partial charge >= 0.3 is 12.1 Å². The van der Waals surface area contributed by atoms with Gasteiger partial charge < -0.3 is 70.0 Å². The Morgan fingerprint density at radius 3 is 1.54 bits per heavy atom. The van der Waals surface area contributed by atoms with E-state index < -0.39 is 21.3 Å². The van der Waals surface area contributed by atoms with Gasteiger partial charge in [-0.2, -0.15) is 0 Å². The Balaban J connectivity index is 0.508. The van der Waals surface area contributed by atoms with Crippen LogP contribution in [-0.2, 0) is 79.3 Å². The van der Waals surface area contributed by atoms with Crippen molar-refractivity contribution in [3.63, 3.8) is 0 Å². The van der Waals surface area contributed by atoms with Crippen LogP contribution < -0.4 is 51.2 Å². The molecule has 4 aromatic carbocycles. The van der Waals surface area contributed by atoms with E-state index in [0.29, 0.717) is 114 Å². The van der Waals surface area contributed by atoms with Crippen molar-refractivity contribution in [3.05, 3.63) is 139 Å². The number of halogens is 4. The number of nitrogens with two attached hydrogens (primary N) is 2. The van der Waals surface area contributed by atoms with E-state index in [1.165, 1.54) is 16.4 Å². The van der Waals surface area contributed by atoms with Crippen molar-refractivity contribution >= 4 is 85.4 Å². The molecule has 2 fully saturated rings. The highest BCUT2D eigenvalue weighted by Gasteiger charge is 2.42. The van der Waals surface area contributed by atoms with Gasteiger partial charge in [0.1, 0.15) is 35.1 Å². The minimum Gasteiger partial charge on any atom is -0.755 e. The minimum atomic E-state index is -3.82. The van der Waals surface area contributed by atoms with Gasteiger partial charge in [-0.3, -0.25) is 14.0 Å². The lowest BCUT2D eigenvalue weighted by Gasteiger charge is -2.38. The Labute approximate surface area is 593 Å². The molecule has 4 aliphatic rings. The summed E-state index contributed by atoms with van der Waals surface area (Å²) >= 11 is 23.6. The van der Waals surface area contributed by atoms with Gasteiger partial charge in [-0.1, -0.05) is 56.8 Å². The zero-order valence-corrected chi connectivity index (χ0v) is 58.9. The third-order valence-corrected chi connectivity index (χ3v) is 20.6. The second kappa shape index (κ2) is 37.0. The molecule has 2 saturated heterocycles. The molecule has 6 aromatic rings. The lowest BCUT2D eigenvalue weighted by molar-refractivity contribution is 0.0459. The number of hydrogen-bond acceptors (Lipinski definition) is 20. The molecule has 4 heterocycles. The first-order valence-corrected chi connectivity index (χ1v) is 36.9. The predicted octanol–water partition coefficient (Wildman–Crippen LogP) is 5.84. The van der Waals surface area contributed by atoms with Crippen molar-refractivity contribution in [2.24, 2.45) is 11.5 Å². The number of ether oxygens (including phenoxy) is 6. The summed E-state index contributed by atoms with van der Waals surface area (Å²) in [5.74, 6) is 1.10. The maximum absolute atomic E-state index is 13.1. The van der Waals surface area contributed by atoms with Gasteiger partial charge in [-0.15, -0.1) is 10.2 Å². The molecule has 0 radical (unpaired) electrons. The van der Waals surface area contributed by atoms with Crippen LogP contribution in [0.1, 0.15) is 84.4 Å². The molecule has 2 aliphatic carbocycles. The zero-order valence-electron chi connectivity index (χ0n) is 54.3. The lowest BCUT2D eigenvalue weighted by atomic mass is 10.0. The largest absolute Gasteiger partial charge is 0.755 e. The highest BCUT2D eigenvalue weighted by molar-refractivity contribution is 7.89. The van der Waals surface area contributed by atoms with Gasteiger partial charge in [-0.05, 0) is 148 Å². The molecule has 534 valence electrons. The van der Waals surface area contributed by atoms with E-state index in [0.717, 1.165) is 74.1 Å². The molecule has 7 atom stereocenters. The standard InChI is InChI=1S/C64H86Cl4N16O12S2/c65-43-31-55-53(57(67)33-43)35-59(80-18-3-5-45(69)39-80)61(55)95-50-9-7-49(8-10-50)84(97(87)88)22-26-94-30-29-93-25-21-83-42-48(77-79-83)38-74-64(86)72-16-2-1-15-71-63(85)73-37-47-41-82(78-76-47)20-24-92-28-27-91-23-17-75-98(89,90)52-13-11-51(12-14-52)96-62-56-32-44(66)34-58(68)54(56)36-60(62)81-19-4-6-46(70)40-81/h7-14,31-34,41-42,45-46,59-62,75H,1-6,15-30,35-40,69-70H2,(H,87,88)(H2,71,73,85)(H2,72,74,86)/p-1/t45-,46-,59+,60+,61+,62+/m1/s1. The van der Waals surface area contributed by atoms with Crippen LogP contribution in [0.2, 0.25) is 20.1 Å². The van der Waals surface area contributed by atoms with Crippen LogP contribution in [0.5, 0.6) is 11.5 Å². The lowest BCUT2D eigenvalue weighted by Crippen LogP contribution is -2.49. The van der Waals surface area contributed by atoms with E-state index in [9.17, 15) is 26.8 Å². The number of urea groups is 2. The summed E-state index contributed by atoms with van der Waals surface area (Å²) in [5.41, 5.74) is 18.2. The summed E-state index contributed by atoms with van der Waals surface area (Å²) < 4.78 is 93.6. The number of nitrogens with one attached hydrogen (secondary N) is 5. The van der Waals surface area contributed by atoms with Gasteiger partial charge in [0.25, 0.3) is 0 Å². The average Bonchev–Trinajstić information content (AvgIpc) is 1.62. The van der Waals surface area contributed by atoms with Crippen LogP contribution in [0.4, 0.5) is 15.3 Å². The molecular weight excluding hydrogens is 1390 g/mol. The molecule has 0 saturated carbocycles. The van der Waals surface area contributed by atoms with Crippen LogP contribution in [0.15, 0.2) is 90.1 Å². The quantitative estimate of drug-likeness (QED) is 0.0178. The highest BCUT2D eigenvalue weighted by atomic mass is 35.5. The van der Waals surface area contributed by atoms with Gasteiger partial charge in [0, 0.05) is 93.0 Å². The molecule has 28 nitrogen and oxygen atoms in total. The van der Waals surface area contributed by atoms with E-state index in [4.69, 9.17) is 86.3 Å². The predicted molar refractivity (Wildman–Crippen MR) is 370 cm³/mol. The van der Waals surface area contributed by atoms with Crippen LogP contribution in [0.25, 0.3) is 0 Å². The summed E-state index contributed by atoms with van der Waals surface area (Å²) in [6, 6.07) is 20.0. The summed E-state index contributed by atoms with van der Waals surface area (Å²) in [5, 5.41) is 29.8. The summed E-state index contributed by atoms with van der Waals surface area (Å²) in [7, 11) is -3.82. The van der Waals surface area contributed by atoms with Crippen LogP contribution in [0, 0.1) is 0 Å². The smallest absolute Gasteiger partial charge is 0.315 e. The van der Waals surface area contributed by atoms with E-state index in [2.05, 4.69) is 56.4 Å². The number of sulfonamides is 1. The number of fused-ring (bicyclic) bond motifs is 2. The molecule has 34 heteroatoms. The summed E-state index contributed by atoms with van der Waals surface area (Å²) in [4.78, 5) is 29.7. The minimum absolute atomic E-state index is 0.00319. The number of anilines is 1. The van der Waals surface area contributed by atoms with Crippen molar-refractivity contribution in [2.75, 3.05) is 110 Å². The van der Waals surface area contributed by atoms with Crippen molar-refractivity contribution in [2.45, 2.75) is 119 Å². The Morgan fingerprint density at radius 1 is 0.612 bits per heavy atom. The molecule has 98 heavy (non-hydrogen) atoms. The van der Waals surface area contributed by atoms with E-state index in [1.807, 2.05) is 12.1 Å². The number of piperidine rings is 2. The Bertz CT molecular complexity index is 3700. The number of hydrogen-bond donors (Lipinski definition) is 7. The molecule has 9 N–H and O–H groups in total. The fourth-order valence-electron chi connectivity index (χ4n) is 12.4. The third-order valence-electron chi connectivity index (χ3n) is 17.3. The van der Waals surface area contributed by atoms with Crippen molar-refractivity contribution in [3.8, 4) is 11.5 Å². The molecule has 4 amide bonds. The van der Waals surface area contributed by atoms with Crippen LogP contribution in [0.3, 0.4) is 0 Å². The normalized spacial score (nSPS) is 19.8. The first-order chi connectivity index (χ1) is 47.4. The molecule has 0 spiro atoms. The maximum atomic E-state index is 13.1. The van der Waals surface area contributed by atoms with Gasteiger partial charge in [0.05, 0.1) is 115 Å². The van der Waals surface area contributed by atoms with Crippen LogP contribution in [-0.4, -0.2) is 198 Å². The number of unbranched alkanes of at least 4 members (excludes halogenated alkanes) is 1. The van der Waals surface area contributed by atoms with E-state index >= 15 is 0 Å². The fourth-order valence-corrected chi connectivity index (χ4v) is 15.1. The Kier molecular flexibility index (Phi) is 28.2. The topological polar surface area (TPSA) is 347 Å². The molecular formula is C64H85Cl4N16O12S2-. The van der Waals surface area contributed by atoms with Gasteiger partial charge in [0.2, 0.25) is 10.0 Å². The molecule has 2 aliphatic heterocycles. The second-order valence-corrected chi connectivity index (χ2v) is 28.7. The first kappa shape index (κ1) is 74.6. The van der Waals surface area contributed by atoms with Crippen molar-refractivity contribution < 1.29 is 55.2 Å². The molecule has 10 rings (SSSR count). The highest BCUT2D eigenvalue weighted by Crippen LogP contribution is 2.45. The maximum Gasteiger partial charge on any atom is 0.315 e. The number of rotatable bonds is 37. The number of nitrogens with zero attached hydrogens (tertiary/aromatic N) is 9. The molecule has 0 bridgehead atoms. The molecule has 1 unspecified atom stereocenters. The zero-order chi connectivity index (χ0) is 69.0. The first-order valence-electron chi connectivity index (χ1n) is 32.9. The van der Waals surface area contributed by atoms with Gasteiger partial charge in [-0.25, -0.2) is 32.1 Å².